The van der Waals surface area contributed by atoms with Gasteiger partial charge in [-0.1, -0.05) is 24.3 Å². The first-order valence-corrected chi connectivity index (χ1v) is 6.71. The number of hydrogen-bond donors (Lipinski definition) is 2. The number of carbonyl (C=O) groups excluding carboxylic acids is 2. The first-order valence-electron chi connectivity index (χ1n) is 6.71. The molecule has 2 aromatic carbocycles. The number of amides is 3. The third kappa shape index (κ3) is 4.70. The van der Waals surface area contributed by atoms with Crippen molar-refractivity contribution in [3.63, 3.8) is 0 Å². The zero-order valence-electron chi connectivity index (χ0n) is 12.3. The molecular weight excluding hydrogens is 303 g/mol. The number of methoxy groups -OCH3 is 1. The van der Waals surface area contributed by atoms with Crippen LogP contribution in [0.4, 0.5) is 14.9 Å². The molecular formula is C16H15FN2O4. The maximum Gasteiger partial charge on any atom is 0.326 e. The normalized spacial score (nSPS) is 9.83. The zero-order chi connectivity index (χ0) is 16.7. The Kier molecular flexibility index (Phi) is 5.51. The molecule has 3 amide bonds. The zero-order valence-corrected chi connectivity index (χ0v) is 12.3. The first-order chi connectivity index (χ1) is 11.1. The Morgan fingerprint density at radius 1 is 1.04 bits per heavy atom. The van der Waals surface area contributed by atoms with E-state index in [1.54, 1.807) is 30.3 Å². The number of benzene rings is 2. The number of nitrogens with one attached hydrogen (secondary N) is 2. The molecule has 0 atom stereocenters. The molecule has 2 aromatic rings. The summed E-state index contributed by atoms with van der Waals surface area (Å²) in [4.78, 5) is 23.3. The summed E-state index contributed by atoms with van der Waals surface area (Å²) in [6.45, 7) is -0.384. The summed E-state index contributed by atoms with van der Waals surface area (Å²) in [5, 5.41) is 4.28. The van der Waals surface area contributed by atoms with E-state index in [4.69, 9.17) is 9.47 Å². The number of carbonyl (C=O) groups is 2. The number of halogens is 1. The van der Waals surface area contributed by atoms with Gasteiger partial charge in [-0.15, -0.1) is 0 Å². The van der Waals surface area contributed by atoms with Crippen LogP contribution < -0.4 is 20.1 Å². The van der Waals surface area contributed by atoms with E-state index in [1.807, 2.05) is 5.32 Å². The molecule has 0 aliphatic rings. The van der Waals surface area contributed by atoms with Gasteiger partial charge in [-0.3, -0.25) is 10.1 Å². The molecule has 0 aliphatic heterocycles. The largest absolute Gasteiger partial charge is 0.493 e. The Labute approximate surface area is 132 Å². The molecule has 0 bridgehead atoms. The molecule has 2 N–H and O–H groups in total. The van der Waals surface area contributed by atoms with Crippen molar-refractivity contribution in [1.29, 1.82) is 0 Å². The molecule has 23 heavy (non-hydrogen) atoms. The predicted octanol–water partition coefficient (Wildman–Crippen LogP) is 2.56. The predicted molar refractivity (Wildman–Crippen MR) is 82.1 cm³/mol. The molecule has 0 radical (unpaired) electrons. The van der Waals surface area contributed by atoms with Crippen molar-refractivity contribution < 1.29 is 23.5 Å². The number of imide groups is 1. The van der Waals surface area contributed by atoms with Crippen molar-refractivity contribution in [2.45, 2.75) is 0 Å². The summed E-state index contributed by atoms with van der Waals surface area (Å²) in [6, 6.07) is 11.6. The van der Waals surface area contributed by atoms with Gasteiger partial charge in [0.25, 0.3) is 5.91 Å². The van der Waals surface area contributed by atoms with Crippen molar-refractivity contribution >= 4 is 17.6 Å². The summed E-state index contributed by atoms with van der Waals surface area (Å²) < 4.78 is 23.7. The van der Waals surface area contributed by atoms with Crippen LogP contribution in [-0.4, -0.2) is 25.7 Å². The molecule has 0 spiro atoms. The first kappa shape index (κ1) is 16.3. The van der Waals surface area contributed by atoms with E-state index in [9.17, 15) is 14.0 Å². The van der Waals surface area contributed by atoms with E-state index in [-0.39, 0.29) is 12.3 Å². The Balaban J connectivity index is 1.85. The third-order valence-corrected chi connectivity index (χ3v) is 2.80. The topological polar surface area (TPSA) is 76.7 Å². The number of para-hydroxylation sites is 3. The lowest BCUT2D eigenvalue weighted by molar-refractivity contribution is -0.121. The van der Waals surface area contributed by atoms with Crippen LogP contribution in [0, 0.1) is 5.82 Å². The van der Waals surface area contributed by atoms with Gasteiger partial charge in [0.2, 0.25) is 0 Å². The summed E-state index contributed by atoms with van der Waals surface area (Å²) in [6.07, 6.45) is 0. The van der Waals surface area contributed by atoms with Crippen LogP contribution in [-0.2, 0) is 4.79 Å². The second-order valence-corrected chi connectivity index (χ2v) is 4.42. The van der Waals surface area contributed by atoms with Gasteiger partial charge in [0.1, 0.15) is 5.82 Å². The molecule has 0 aliphatic carbocycles. The summed E-state index contributed by atoms with van der Waals surface area (Å²) in [7, 11) is 1.48. The summed E-state index contributed by atoms with van der Waals surface area (Å²) in [5.74, 6) is -0.430. The van der Waals surface area contributed by atoms with Crippen LogP contribution in [0.5, 0.6) is 11.5 Å². The minimum atomic E-state index is -0.844. The van der Waals surface area contributed by atoms with Crippen LogP contribution in [0.3, 0.4) is 0 Å². The standard InChI is InChI=1S/C16H15FN2O4/c1-22-13-8-4-5-9-14(13)23-10-15(20)19-16(21)18-12-7-3-2-6-11(12)17/h2-9H,10H2,1H3,(H2,18,19,20,21). The molecule has 7 heteroatoms. The lowest BCUT2D eigenvalue weighted by Crippen LogP contribution is -2.37. The maximum absolute atomic E-state index is 13.4. The Morgan fingerprint density at radius 2 is 1.70 bits per heavy atom. The second kappa shape index (κ2) is 7.79. The van der Waals surface area contributed by atoms with Crippen LogP contribution >= 0.6 is 0 Å². The lowest BCUT2D eigenvalue weighted by Gasteiger charge is -2.10. The Hall–Kier alpha value is -3.09. The Morgan fingerprint density at radius 3 is 2.39 bits per heavy atom. The number of rotatable bonds is 5. The van der Waals surface area contributed by atoms with E-state index >= 15 is 0 Å². The fourth-order valence-electron chi connectivity index (χ4n) is 1.76. The van der Waals surface area contributed by atoms with Gasteiger partial charge in [-0.2, -0.15) is 0 Å². The minimum Gasteiger partial charge on any atom is -0.493 e. The van der Waals surface area contributed by atoms with Gasteiger partial charge in [0.15, 0.2) is 18.1 Å². The molecule has 0 saturated carbocycles. The fourth-order valence-corrected chi connectivity index (χ4v) is 1.76. The highest BCUT2D eigenvalue weighted by atomic mass is 19.1. The highest BCUT2D eigenvalue weighted by molar-refractivity contribution is 6.01. The molecule has 0 saturated heterocycles. The van der Waals surface area contributed by atoms with Crippen LogP contribution in [0.1, 0.15) is 0 Å². The quantitative estimate of drug-likeness (QED) is 0.888. The number of urea groups is 1. The molecule has 120 valence electrons. The lowest BCUT2D eigenvalue weighted by atomic mass is 10.3. The van der Waals surface area contributed by atoms with E-state index < -0.39 is 17.8 Å². The van der Waals surface area contributed by atoms with Crippen molar-refractivity contribution in [1.82, 2.24) is 5.32 Å². The van der Waals surface area contributed by atoms with Gasteiger partial charge >= 0.3 is 6.03 Å². The third-order valence-electron chi connectivity index (χ3n) is 2.80. The van der Waals surface area contributed by atoms with Crippen molar-refractivity contribution in [3.8, 4) is 11.5 Å². The summed E-state index contributed by atoms with van der Waals surface area (Å²) >= 11 is 0. The molecule has 0 unspecified atom stereocenters. The second-order valence-electron chi connectivity index (χ2n) is 4.42. The van der Waals surface area contributed by atoms with E-state index in [2.05, 4.69) is 5.32 Å². The highest BCUT2D eigenvalue weighted by Gasteiger charge is 2.11. The van der Waals surface area contributed by atoms with Crippen molar-refractivity contribution in [2.75, 3.05) is 19.0 Å². The minimum absolute atomic E-state index is 0.0246. The molecule has 0 heterocycles. The van der Waals surface area contributed by atoms with Crippen molar-refractivity contribution in [3.05, 3.63) is 54.3 Å². The van der Waals surface area contributed by atoms with E-state index in [1.165, 1.54) is 25.3 Å². The van der Waals surface area contributed by atoms with Gasteiger partial charge in [-0.05, 0) is 24.3 Å². The number of anilines is 1. The average molecular weight is 318 g/mol. The van der Waals surface area contributed by atoms with Gasteiger partial charge in [-0.25, -0.2) is 9.18 Å². The van der Waals surface area contributed by atoms with Gasteiger partial charge in [0.05, 0.1) is 12.8 Å². The van der Waals surface area contributed by atoms with Gasteiger partial charge in [0, 0.05) is 0 Å². The maximum atomic E-state index is 13.4. The van der Waals surface area contributed by atoms with Gasteiger partial charge < -0.3 is 14.8 Å². The van der Waals surface area contributed by atoms with Crippen LogP contribution in [0.25, 0.3) is 0 Å². The molecule has 2 rings (SSSR count). The molecule has 6 nitrogen and oxygen atoms in total. The molecule has 0 aromatic heterocycles. The number of ether oxygens (including phenoxy) is 2. The fraction of sp³-hybridized carbons (Fsp3) is 0.125. The van der Waals surface area contributed by atoms with Crippen LogP contribution in [0.15, 0.2) is 48.5 Å². The average Bonchev–Trinajstić information content (AvgIpc) is 2.55. The molecule has 0 fully saturated rings. The smallest absolute Gasteiger partial charge is 0.326 e. The highest BCUT2D eigenvalue weighted by Crippen LogP contribution is 2.25. The monoisotopic (exact) mass is 318 g/mol. The number of hydrogen-bond acceptors (Lipinski definition) is 4. The van der Waals surface area contributed by atoms with Crippen LogP contribution in [0.2, 0.25) is 0 Å². The van der Waals surface area contributed by atoms with E-state index in [0.717, 1.165) is 0 Å². The summed E-state index contributed by atoms with van der Waals surface area (Å²) in [5.41, 5.74) is -0.0246. The van der Waals surface area contributed by atoms with E-state index in [0.29, 0.717) is 11.5 Å². The Bertz CT molecular complexity index is 706. The van der Waals surface area contributed by atoms with Crippen molar-refractivity contribution in [2.24, 2.45) is 0 Å². The SMILES string of the molecule is COc1ccccc1OCC(=O)NC(=O)Nc1ccccc1F.